The lowest BCUT2D eigenvalue weighted by Crippen LogP contribution is -2.38. The first-order chi connectivity index (χ1) is 13.2. The number of carbonyl (C=O) groups is 1. The standard InChI is InChI=1S/C18H20N6O3/c25-18(26)22-17-2-1-15-16(21-17)9-13(10-19-15)14-11-20-24(12-14)4-3-23-5-7-27-8-6-23/h1-2,9-12H,3-8H2,(H,21,22)(H,25,26). The summed E-state index contributed by atoms with van der Waals surface area (Å²) in [5, 5.41) is 15.5. The fraction of sp³-hybridized carbons (Fsp3) is 0.333. The SMILES string of the molecule is O=C(O)Nc1ccc2ncc(-c3cnn(CCN4CCOCC4)c3)cc2n1. The predicted molar refractivity (Wildman–Crippen MR) is 99.7 cm³/mol. The molecule has 140 valence electrons. The van der Waals surface area contributed by atoms with Crippen LogP contribution in [0.3, 0.4) is 0 Å². The zero-order chi connectivity index (χ0) is 18.6. The van der Waals surface area contributed by atoms with E-state index in [0.717, 1.165) is 50.5 Å². The normalized spacial score (nSPS) is 15.1. The maximum absolute atomic E-state index is 10.8. The van der Waals surface area contributed by atoms with Crippen LogP contribution >= 0.6 is 0 Å². The van der Waals surface area contributed by atoms with Crippen LogP contribution in [-0.2, 0) is 11.3 Å². The summed E-state index contributed by atoms with van der Waals surface area (Å²) in [6.07, 6.45) is 4.43. The molecular weight excluding hydrogens is 348 g/mol. The van der Waals surface area contributed by atoms with Crippen LogP contribution in [-0.4, -0.2) is 68.7 Å². The van der Waals surface area contributed by atoms with E-state index in [0.29, 0.717) is 11.0 Å². The number of carboxylic acid groups (broad SMARTS) is 1. The van der Waals surface area contributed by atoms with Gasteiger partial charge in [-0.3, -0.25) is 19.9 Å². The van der Waals surface area contributed by atoms with Crippen LogP contribution in [0.1, 0.15) is 0 Å². The maximum Gasteiger partial charge on any atom is 0.410 e. The Labute approximate surface area is 155 Å². The van der Waals surface area contributed by atoms with Crippen molar-refractivity contribution >= 4 is 22.9 Å². The Balaban J connectivity index is 1.49. The third kappa shape index (κ3) is 4.21. The Morgan fingerprint density at radius 2 is 2.00 bits per heavy atom. The molecule has 0 aliphatic carbocycles. The minimum atomic E-state index is -1.15. The number of pyridine rings is 2. The largest absolute Gasteiger partial charge is 0.465 e. The summed E-state index contributed by atoms with van der Waals surface area (Å²) in [7, 11) is 0. The van der Waals surface area contributed by atoms with Gasteiger partial charge in [-0.25, -0.2) is 9.78 Å². The van der Waals surface area contributed by atoms with Gasteiger partial charge in [-0.2, -0.15) is 5.10 Å². The first-order valence-electron chi connectivity index (χ1n) is 8.77. The van der Waals surface area contributed by atoms with Gasteiger partial charge in [0.25, 0.3) is 0 Å². The molecule has 27 heavy (non-hydrogen) atoms. The molecule has 9 nitrogen and oxygen atoms in total. The highest BCUT2D eigenvalue weighted by molar-refractivity contribution is 5.86. The van der Waals surface area contributed by atoms with E-state index in [1.807, 2.05) is 23.1 Å². The van der Waals surface area contributed by atoms with Gasteiger partial charge in [0.05, 0.1) is 37.0 Å². The molecule has 4 rings (SSSR count). The molecule has 0 atom stereocenters. The summed E-state index contributed by atoms with van der Waals surface area (Å²) < 4.78 is 7.29. The molecule has 9 heteroatoms. The number of morpholine rings is 1. The van der Waals surface area contributed by atoms with Crippen LogP contribution in [0, 0.1) is 0 Å². The second-order valence-electron chi connectivity index (χ2n) is 6.33. The maximum atomic E-state index is 10.8. The number of aromatic nitrogens is 4. The van der Waals surface area contributed by atoms with Gasteiger partial charge in [0.1, 0.15) is 5.82 Å². The number of fused-ring (bicyclic) bond motifs is 1. The summed E-state index contributed by atoms with van der Waals surface area (Å²) in [5.74, 6) is 0.273. The minimum Gasteiger partial charge on any atom is -0.465 e. The van der Waals surface area contributed by atoms with Crippen molar-refractivity contribution in [3.8, 4) is 11.1 Å². The number of hydrogen-bond donors (Lipinski definition) is 2. The lowest BCUT2D eigenvalue weighted by molar-refractivity contribution is 0.0360. The Morgan fingerprint density at radius 3 is 2.81 bits per heavy atom. The van der Waals surface area contributed by atoms with Crippen molar-refractivity contribution in [2.45, 2.75) is 6.54 Å². The number of hydrogen-bond acceptors (Lipinski definition) is 6. The van der Waals surface area contributed by atoms with Crippen LogP contribution in [0.15, 0.2) is 36.8 Å². The van der Waals surface area contributed by atoms with E-state index in [9.17, 15) is 4.79 Å². The van der Waals surface area contributed by atoms with Crippen LogP contribution in [0.4, 0.5) is 10.6 Å². The van der Waals surface area contributed by atoms with Gasteiger partial charge in [0.15, 0.2) is 0 Å². The molecule has 0 saturated carbocycles. The van der Waals surface area contributed by atoms with E-state index in [-0.39, 0.29) is 5.82 Å². The topological polar surface area (TPSA) is 105 Å². The quantitative estimate of drug-likeness (QED) is 0.709. The van der Waals surface area contributed by atoms with Crippen molar-refractivity contribution in [2.75, 3.05) is 38.2 Å². The first kappa shape index (κ1) is 17.4. The third-order valence-electron chi connectivity index (χ3n) is 4.49. The highest BCUT2D eigenvalue weighted by Gasteiger charge is 2.11. The molecule has 1 amide bonds. The number of amides is 1. The number of nitrogens with one attached hydrogen (secondary N) is 1. The van der Waals surface area contributed by atoms with E-state index >= 15 is 0 Å². The zero-order valence-electron chi connectivity index (χ0n) is 14.7. The van der Waals surface area contributed by atoms with Crippen molar-refractivity contribution < 1.29 is 14.6 Å². The average molecular weight is 368 g/mol. The molecule has 0 radical (unpaired) electrons. The number of anilines is 1. The molecule has 3 aromatic heterocycles. The van der Waals surface area contributed by atoms with Crippen LogP contribution in [0.5, 0.6) is 0 Å². The molecule has 4 heterocycles. The molecule has 1 saturated heterocycles. The summed E-state index contributed by atoms with van der Waals surface area (Å²) in [5.41, 5.74) is 3.17. The Morgan fingerprint density at radius 1 is 1.15 bits per heavy atom. The molecule has 1 aliphatic heterocycles. The van der Waals surface area contributed by atoms with E-state index in [2.05, 4.69) is 25.3 Å². The molecule has 0 aromatic carbocycles. The monoisotopic (exact) mass is 368 g/mol. The van der Waals surface area contributed by atoms with Gasteiger partial charge >= 0.3 is 6.09 Å². The molecule has 3 aromatic rings. The predicted octanol–water partition coefficient (Wildman–Crippen LogP) is 1.92. The van der Waals surface area contributed by atoms with Crippen molar-refractivity contribution in [1.82, 2.24) is 24.6 Å². The van der Waals surface area contributed by atoms with E-state index < -0.39 is 6.09 Å². The third-order valence-corrected chi connectivity index (χ3v) is 4.49. The number of ether oxygens (including phenoxy) is 1. The lowest BCUT2D eigenvalue weighted by atomic mass is 10.1. The highest BCUT2D eigenvalue weighted by Crippen LogP contribution is 2.22. The zero-order valence-corrected chi connectivity index (χ0v) is 14.7. The second-order valence-corrected chi connectivity index (χ2v) is 6.33. The summed E-state index contributed by atoms with van der Waals surface area (Å²) in [6.45, 7) is 5.25. The number of nitrogens with zero attached hydrogens (tertiary/aromatic N) is 5. The fourth-order valence-corrected chi connectivity index (χ4v) is 3.05. The lowest BCUT2D eigenvalue weighted by Gasteiger charge is -2.26. The molecule has 0 unspecified atom stereocenters. The second kappa shape index (κ2) is 7.68. The smallest absolute Gasteiger partial charge is 0.410 e. The molecule has 0 spiro atoms. The van der Waals surface area contributed by atoms with Crippen LogP contribution in [0.2, 0.25) is 0 Å². The summed E-state index contributed by atoms with van der Waals surface area (Å²) in [6, 6.07) is 5.22. The molecule has 1 aliphatic rings. The van der Waals surface area contributed by atoms with Gasteiger partial charge in [0.2, 0.25) is 0 Å². The van der Waals surface area contributed by atoms with Crippen LogP contribution < -0.4 is 5.32 Å². The Bertz CT molecular complexity index is 951. The van der Waals surface area contributed by atoms with E-state index in [4.69, 9.17) is 9.84 Å². The van der Waals surface area contributed by atoms with Crippen molar-refractivity contribution in [1.29, 1.82) is 0 Å². The molecule has 0 bridgehead atoms. The van der Waals surface area contributed by atoms with Crippen molar-refractivity contribution in [3.05, 3.63) is 36.8 Å². The summed E-state index contributed by atoms with van der Waals surface area (Å²) >= 11 is 0. The van der Waals surface area contributed by atoms with Gasteiger partial charge < -0.3 is 9.84 Å². The molecular formula is C18H20N6O3. The molecule has 1 fully saturated rings. The minimum absolute atomic E-state index is 0.273. The van der Waals surface area contributed by atoms with Crippen LogP contribution in [0.25, 0.3) is 22.2 Å². The average Bonchev–Trinajstić information content (AvgIpc) is 3.15. The van der Waals surface area contributed by atoms with Crippen molar-refractivity contribution in [2.24, 2.45) is 0 Å². The number of rotatable bonds is 5. The fourth-order valence-electron chi connectivity index (χ4n) is 3.05. The highest BCUT2D eigenvalue weighted by atomic mass is 16.5. The molecule has 2 N–H and O–H groups in total. The van der Waals surface area contributed by atoms with Gasteiger partial charge in [-0.1, -0.05) is 0 Å². The van der Waals surface area contributed by atoms with E-state index in [1.165, 1.54) is 0 Å². The van der Waals surface area contributed by atoms with Gasteiger partial charge in [0, 0.05) is 43.2 Å². The van der Waals surface area contributed by atoms with Crippen molar-refractivity contribution in [3.63, 3.8) is 0 Å². The van der Waals surface area contributed by atoms with Gasteiger partial charge in [-0.05, 0) is 18.2 Å². The summed E-state index contributed by atoms with van der Waals surface area (Å²) in [4.78, 5) is 21.9. The first-order valence-corrected chi connectivity index (χ1v) is 8.77. The van der Waals surface area contributed by atoms with Gasteiger partial charge in [-0.15, -0.1) is 0 Å². The Kier molecular flexibility index (Phi) is 4.95. The Hall–Kier alpha value is -3.04. The van der Waals surface area contributed by atoms with E-state index in [1.54, 1.807) is 18.3 Å².